The van der Waals surface area contributed by atoms with E-state index in [4.69, 9.17) is 0 Å². The van der Waals surface area contributed by atoms with Crippen LogP contribution in [-0.4, -0.2) is 23.4 Å². The first-order chi connectivity index (χ1) is 9.31. The van der Waals surface area contributed by atoms with Crippen LogP contribution >= 0.6 is 31.9 Å². The van der Waals surface area contributed by atoms with Crippen molar-refractivity contribution in [1.82, 2.24) is 19.7 Å². The lowest BCUT2D eigenvalue weighted by Gasteiger charge is -2.14. The molecule has 2 aromatic rings. The van der Waals surface area contributed by atoms with E-state index in [0.717, 1.165) is 10.0 Å². The van der Waals surface area contributed by atoms with Gasteiger partial charge in [0, 0.05) is 17.6 Å². The molecule has 0 aliphatic carbocycles. The maximum absolute atomic E-state index is 12.3. The highest BCUT2D eigenvalue weighted by molar-refractivity contribution is 9.10. The van der Waals surface area contributed by atoms with Gasteiger partial charge in [-0.15, -0.1) is 5.10 Å². The van der Waals surface area contributed by atoms with Crippen LogP contribution in [0.1, 0.15) is 18.5 Å². The molecule has 1 N–H and O–H groups in total. The lowest BCUT2D eigenvalue weighted by Crippen LogP contribution is -2.28. The molecule has 6 nitrogen and oxygen atoms in total. The van der Waals surface area contributed by atoms with Crippen LogP contribution in [-0.2, 0) is 17.1 Å². The third-order valence-electron chi connectivity index (χ3n) is 2.69. The molecule has 9 heteroatoms. The van der Waals surface area contributed by atoms with Gasteiger partial charge >= 0.3 is 0 Å². The van der Waals surface area contributed by atoms with Crippen molar-refractivity contribution in [3.8, 4) is 0 Å². The molecule has 0 saturated heterocycles. The summed E-state index contributed by atoms with van der Waals surface area (Å²) in [4.78, 5) is 0. The molecular weight excluding hydrogens is 412 g/mol. The first-order valence-electron chi connectivity index (χ1n) is 5.64. The second-order valence-corrected chi connectivity index (χ2v) is 7.50. The smallest absolute Gasteiger partial charge is 0.235 e. The number of rotatable bonds is 4. The van der Waals surface area contributed by atoms with Crippen LogP contribution in [0.25, 0.3) is 0 Å². The molecule has 0 aliphatic heterocycles. The lowest BCUT2D eigenvalue weighted by atomic mass is 10.1. The number of aryl methyl sites for hydroxylation is 1. The number of hydrogen-bond donors (Lipinski definition) is 1. The van der Waals surface area contributed by atoms with Gasteiger partial charge in [-0.1, -0.05) is 33.3 Å². The van der Waals surface area contributed by atoms with E-state index < -0.39 is 10.0 Å². The van der Waals surface area contributed by atoms with Crippen LogP contribution in [0.2, 0.25) is 0 Å². The van der Waals surface area contributed by atoms with Gasteiger partial charge in [-0.2, -0.15) is 0 Å². The Morgan fingerprint density at radius 3 is 2.35 bits per heavy atom. The van der Waals surface area contributed by atoms with Crippen LogP contribution in [0.3, 0.4) is 0 Å². The Labute approximate surface area is 133 Å². The standard InChI is InChI=1S/C11H12Br2N4O2S/c1-7(8-3-5-9(12)6-4-8)15-20(18,19)11-10(13)14-16-17(11)2/h3-7,15H,1-2H3/t7-/m1/s1. The van der Waals surface area contributed by atoms with E-state index in [1.165, 1.54) is 11.7 Å². The largest absolute Gasteiger partial charge is 0.261 e. The van der Waals surface area contributed by atoms with Gasteiger partial charge < -0.3 is 0 Å². The highest BCUT2D eigenvalue weighted by Crippen LogP contribution is 2.22. The monoisotopic (exact) mass is 422 g/mol. The first-order valence-corrected chi connectivity index (χ1v) is 8.71. The summed E-state index contributed by atoms with van der Waals surface area (Å²) in [6, 6.07) is 7.07. The van der Waals surface area contributed by atoms with E-state index in [9.17, 15) is 8.42 Å². The van der Waals surface area contributed by atoms with Crippen molar-refractivity contribution >= 4 is 41.9 Å². The van der Waals surface area contributed by atoms with Crippen LogP contribution in [0.5, 0.6) is 0 Å². The van der Waals surface area contributed by atoms with Gasteiger partial charge in [-0.25, -0.2) is 17.8 Å². The first kappa shape index (κ1) is 15.6. The van der Waals surface area contributed by atoms with E-state index >= 15 is 0 Å². The Morgan fingerprint density at radius 2 is 1.85 bits per heavy atom. The molecule has 108 valence electrons. The van der Waals surface area contributed by atoms with Crippen molar-refractivity contribution in [1.29, 1.82) is 0 Å². The summed E-state index contributed by atoms with van der Waals surface area (Å²) in [5.41, 5.74) is 0.864. The number of nitrogens with one attached hydrogen (secondary N) is 1. The zero-order valence-corrected chi connectivity index (χ0v) is 14.7. The molecule has 0 radical (unpaired) electrons. The SMILES string of the molecule is C[C@@H](NS(=O)(=O)c1c(Br)nnn1C)c1ccc(Br)cc1. The predicted molar refractivity (Wildman–Crippen MR) is 81.6 cm³/mol. The summed E-state index contributed by atoms with van der Waals surface area (Å²) in [6.45, 7) is 1.78. The Morgan fingerprint density at radius 1 is 1.25 bits per heavy atom. The predicted octanol–water partition coefficient (Wildman–Crippen LogP) is 2.38. The molecule has 0 unspecified atom stereocenters. The van der Waals surface area contributed by atoms with Crippen molar-refractivity contribution in [2.24, 2.45) is 7.05 Å². The van der Waals surface area contributed by atoms with Gasteiger partial charge in [0.25, 0.3) is 10.0 Å². The van der Waals surface area contributed by atoms with Crippen LogP contribution in [0, 0.1) is 0 Å². The number of nitrogens with zero attached hydrogens (tertiary/aromatic N) is 3. The van der Waals surface area contributed by atoms with Crippen molar-refractivity contribution < 1.29 is 8.42 Å². The average molecular weight is 424 g/mol. The van der Waals surface area contributed by atoms with Gasteiger partial charge in [0.15, 0.2) is 4.60 Å². The van der Waals surface area contributed by atoms with Crippen molar-refractivity contribution in [3.05, 3.63) is 38.9 Å². The summed E-state index contributed by atoms with van der Waals surface area (Å²) in [7, 11) is -2.18. The Balaban J connectivity index is 2.27. The summed E-state index contributed by atoms with van der Waals surface area (Å²) in [5.74, 6) is 0. The summed E-state index contributed by atoms with van der Waals surface area (Å²) >= 11 is 6.43. The Hall–Kier alpha value is -0.770. The minimum atomic E-state index is -3.71. The molecule has 0 aliphatic rings. The normalized spacial score (nSPS) is 13.4. The molecular formula is C11H12Br2N4O2S. The van der Waals surface area contributed by atoms with Crippen molar-refractivity contribution in [2.75, 3.05) is 0 Å². The minimum Gasteiger partial charge on any atom is -0.235 e. The second-order valence-electron chi connectivity index (χ2n) is 4.20. The molecule has 1 aromatic carbocycles. The van der Waals surface area contributed by atoms with Crippen LogP contribution in [0.4, 0.5) is 0 Å². The summed E-state index contributed by atoms with van der Waals surface area (Å²) in [5, 5.41) is 7.35. The van der Waals surface area contributed by atoms with Gasteiger partial charge in [0.1, 0.15) is 0 Å². The second kappa shape index (κ2) is 5.92. The molecule has 0 fully saturated rings. The highest BCUT2D eigenvalue weighted by Gasteiger charge is 2.25. The molecule has 1 heterocycles. The number of sulfonamides is 1. The zero-order valence-electron chi connectivity index (χ0n) is 10.7. The topological polar surface area (TPSA) is 76.9 Å². The van der Waals surface area contributed by atoms with Crippen molar-refractivity contribution in [3.63, 3.8) is 0 Å². The summed E-state index contributed by atoms with van der Waals surface area (Å²) in [6.07, 6.45) is 0. The number of halogens is 2. The van der Waals surface area contributed by atoms with E-state index in [1.807, 2.05) is 24.3 Å². The number of benzene rings is 1. The van der Waals surface area contributed by atoms with E-state index in [0.29, 0.717) is 0 Å². The molecule has 20 heavy (non-hydrogen) atoms. The minimum absolute atomic E-state index is 0.00135. The molecule has 1 atom stereocenters. The molecule has 0 spiro atoms. The Bertz CT molecular complexity index is 693. The van der Waals surface area contributed by atoms with Gasteiger partial charge in [-0.3, -0.25) is 0 Å². The molecule has 0 amide bonds. The number of hydrogen-bond acceptors (Lipinski definition) is 4. The molecule has 0 saturated carbocycles. The zero-order chi connectivity index (χ0) is 14.9. The van der Waals surface area contributed by atoms with E-state index in [-0.39, 0.29) is 15.7 Å². The molecule has 2 rings (SSSR count). The Kier molecular flexibility index (Phi) is 4.62. The quantitative estimate of drug-likeness (QED) is 0.818. The van der Waals surface area contributed by atoms with Crippen LogP contribution < -0.4 is 4.72 Å². The average Bonchev–Trinajstić information content (AvgIpc) is 2.69. The molecule has 1 aromatic heterocycles. The van der Waals surface area contributed by atoms with Gasteiger partial charge in [-0.05, 0) is 40.5 Å². The summed E-state index contributed by atoms with van der Waals surface area (Å²) < 4.78 is 29.6. The van der Waals surface area contributed by atoms with Crippen molar-refractivity contribution in [2.45, 2.75) is 18.0 Å². The van der Waals surface area contributed by atoms with Gasteiger partial charge in [0.05, 0.1) is 0 Å². The third-order valence-corrected chi connectivity index (χ3v) is 5.65. The third kappa shape index (κ3) is 3.27. The fourth-order valence-electron chi connectivity index (χ4n) is 1.72. The fourth-order valence-corrected chi connectivity index (χ4v) is 4.31. The van der Waals surface area contributed by atoms with Gasteiger partial charge in [0.2, 0.25) is 5.03 Å². The molecule has 0 bridgehead atoms. The maximum atomic E-state index is 12.3. The fraction of sp³-hybridized carbons (Fsp3) is 0.273. The van der Waals surface area contributed by atoms with Crippen LogP contribution in [0.15, 0.2) is 38.4 Å². The highest BCUT2D eigenvalue weighted by atomic mass is 79.9. The number of aromatic nitrogens is 3. The lowest BCUT2D eigenvalue weighted by molar-refractivity contribution is 0.548. The maximum Gasteiger partial charge on any atom is 0.261 e. The van der Waals surface area contributed by atoms with E-state index in [1.54, 1.807) is 6.92 Å². The van der Waals surface area contributed by atoms with E-state index in [2.05, 4.69) is 46.9 Å².